The molecule has 51 heavy (non-hydrogen) atoms. The molecule has 23 heteroatoms. The second-order valence-corrected chi connectivity index (χ2v) is 12.6. The van der Waals surface area contributed by atoms with E-state index in [4.69, 9.17) is 33.2 Å². The smallest absolute Gasteiger partial charge is 0.217 e. The lowest BCUT2D eigenvalue weighted by atomic mass is 9.94. The van der Waals surface area contributed by atoms with Crippen LogP contribution in [0, 0.1) is 0 Å². The van der Waals surface area contributed by atoms with Crippen molar-refractivity contribution in [3.05, 3.63) is 0 Å². The molecule has 4 saturated heterocycles. The van der Waals surface area contributed by atoms with Gasteiger partial charge < -0.3 is 105 Å². The summed E-state index contributed by atoms with van der Waals surface area (Å²) in [7, 11) is 0. The molecule has 0 aromatic carbocycles. The molecule has 296 valence electrons. The molecule has 14 N–H and O–H groups in total. The number of carbonyl (C=O) groups excluding carboxylic acids is 2. The van der Waals surface area contributed by atoms with Crippen LogP contribution in [0.4, 0.5) is 0 Å². The fourth-order valence-electron chi connectivity index (χ4n) is 6.35. The third kappa shape index (κ3) is 9.11. The fraction of sp³-hybridized carbons (Fsp3) is 0.929. The van der Waals surface area contributed by atoms with E-state index in [-0.39, 0.29) is 0 Å². The quantitative estimate of drug-likeness (QED) is 0.0881. The summed E-state index contributed by atoms with van der Waals surface area (Å²) in [5.74, 6) is -1.40. The molecular formula is C28H48N2O21. The molecule has 0 aromatic rings. The normalized spacial score (nSPS) is 47.8. The van der Waals surface area contributed by atoms with Gasteiger partial charge in [0.05, 0.1) is 26.4 Å². The number of amides is 2. The average Bonchev–Trinajstić information content (AvgIpc) is 3.09. The zero-order chi connectivity index (χ0) is 37.9. The van der Waals surface area contributed by atoms with Crippen LogP contribution in [0.15, 0.2) is 0 Å². The fourth-order valence-corrected chi connectivity index (χ4v) is 6.35. The lowest BCUT2D eigenvalue weighted by Crippen LogP contribution is -2.70. The van der Waals surface area contributed by atoms with Gasteiger partial charge in [0.1, 0.15) is 97.5 Å². The molecule has 4 aliphatic rings. The number of ether oxygens (including phenoxy) is 7. The van der Waals surface area contributed by atoms with Crippen LogP contribution < -0.4 is 10.6 Å². The summed E-state index contributed by atoms with van der Waals surface area (Å²) in [6, 6.07) is -3.04. The Morgan fingerprint density at radius 1 is 0.471 bits per heavy atom. The molecule has 0 aliphatic carbocycles. The molecule has 20 atom stereocenters. The van der Waals surface area contributed by atoms with E-state index in [1.54, 1.807) is 0 Å². The van der Waals surface area contributed by atoms with Crippen LogP contribution in [0.25, 0.3) is 0 Å². The second kappa shape index (κ2) is 18.0. The van der Waals surface area contributed by atoms with E-state index in [0.717, 1.165) is 13.8 Å². The highest BCUT2D eigenvalue weighted by molar-refractivity contribution is 5.73. The maximum atomic E-state index is 12.2. The molecule has 0 radical (unpaired) electrons. The standard InChI is InChI=1S/C28H48N2O21/c1-7(35)29-13-17(39)22(11(5-33)45-25(13)44)49-26-14(30-8(2)36)18(40)23(12(6-34)48-26)50-28-21(43)24(16(38)10(4-32)47-28)51-27-20(42)19(41)15(37)9(3-31)46-27/h9-28,31-34,37-44H,3-6H2,1-2H3,(H,29,35)(H,30,36)/t9-,10-,11-,12-,13-,14-,15-,16-,17-,18-,19+,20+,21+,22-,23-,24+,25-,26+,27-,28+/m1/s1. The largest absolute Gasteiger partial charge is 0.394 e. The van der Waals surface area contributed by atoms with Crippen LogP contribution in [0.5, 0.6) is 0 Å². The molecule has 4 rings (SSSR count). The number of rotatable bonds is 12. The van der Waals surface area contributed by atoms with E-state index < -0.39 is 161 Å². The first-order valence-corrected chi connectivity index (χ1v) is 16.1. The van der Waals surface area contributed by atoms with Crippen molar-refractivity contribution in [3.8, 4) is 0 Å². The van der Waals surface area contributed by atoms with E-state index in [1.807, 2.05) is 0 Å². The lowest BCUT2D eigenvalue weighted by molar-refractivity contribution is -0.379. The van der Waals surface area contributed by atoms with E-state index in [0.29, 0.717) is 0 Å². The molecule has 0 aromatic heterocycles. The van der Waals surface area contributed by atoms with Crippen molar-refractivity contribution in [1.29, 1.82) is 0 Å². The van der Waals surface area contributed by atoms with E-state index in [9.17, 15) is 70.9 Å². The molecule has 4 fully saturated rings. The molecule has 2 amide bonds. The third-order valence-electron chi connectivity index (χ3n) is 9.01. The molecule has 23 nitrogen and oxygen atoms in total. The van der Waals surface area contributed by atoms with Gasteiger partial charge in [0.2, 0.25) is 11.8 Å². The predicted molar refractivity (Wildman–Crippen MR) is 157 cm³/mol. The Labute approximate surface area is 289 Å². The highest BCUT2D eigenvalue weighted by Gasteiger charge is 2.55. The zero-order valence-corrected chi connectivity index (χ0v) is 27.4. The summed E-state index contributed by atoms with van der Waals surface area (Å²) in [6.45, 7) is -1.28. The molecule has 0 saturated carbocycles. The molecule has 0 unspecified atom stereocenters. The predicted octanol–water partition coefficient (Wildman–Crippen LogP) is -9.46. The van der Waals surface area contributed by atoms with Gasteiger partial charge in [-0.05, 0) is 0 Å². The maximum absolute atomic E-state index is 12.2. The minimum Gasteiger partial charge on any atom is -0.394 e. The molecular weight excluding hydrogens is 700 g/mol. The second-order valence-electron chi connectivity index (χ2n) is 12.6. The van der Waals surface area contributed by atoms with E-state index in [2.05, 4.69) is 10.6 Å². The SMILES string of the molecule is CC(=O)N[C@@H]1[C@@H](O)[C@H](O[C@@H]2O[C@H](CO)[C@@H](O[C@@H]3O[C@H](CO)[C@@H](O)[C@H](O[C@H]4O[C@H](CO)[C@@H](O)[C@H](O)[C@@H]4O)[C@@H]3O)[C@H](O)[C@H]2NC(C)=O)[C@@H](CO)O[C@H]1O. The van der Waals surface area contributed by atoms with Crippen LogP contribution in [-0.2, 0) is 42.7 Å². The van der Waals surface area contributed by atoms with Crippen molar-refractivity contribution in [2.24, 2.45) is 0 Å². The average molecular weight is 749 g/mol. The van der Waals surface area contributed by atoms with Gasteiger partial charge in [0, 0.05) is 13.8 Å². The van der Waals surface area contributed by atoms with Crippen LogP contribution >= 0.6 is 0 Å². The Morgan fingerprint density at radius 3 is 1.41 bits per heavy atom. The van der Waals surface area contributed by atoms with Crippen LogP contribution in [0.3, 0.4) is 0 Å². The van der Waals surface area contributed by atoms with Crippen molar-refractivity contribution < 1.29 is 104 Å². The van der Waals surface area contributed by atoms with Gasteiger partial charge in [-0.15, -0.1) is 0 Å². The third-order valence-corrected chi connectivity index (χ3v) is 9.01. The van der Waals surface area contributed by atoms with Gasteiger partial charge in [0.15, 0.2) is 25.2 Å². The minimum atomic E-state index is -2.04. The first-order valence-electron chi connectivity index (χ1n) is 16.1. The van der Waals surface area contributed by atoms with Crippen LogP contribution in [0.1, 0.15) is 13.8 Å². The number of nitrogens with one attached hydrogen (secondary N) is 2. The van der Waals surface area contributed by atoms with Gasteiger partial charge in [-0.25, -0.2) is 0 Å². The van der Waals surface area contributed by atoms with Gasteiger partial charge in [-0.2, -0.15) is 0 Å². The molecule has 0 bridgehead atoms. The van der Waals surface area contributed by atoms with Crippen molar-refractivity contribution in [2.75, 3.05) is 26.4 Å². The Hall–Kier alpha value is -1.82. The number of aliphatic hydroxyl groups is 12. The minimum absolute atomic E-state index is 0.660. The Bertz CT molecular complexity index is 1140. The summed E-state index contributed by atoms with van der Waals surface area (Å²) in [6.07, 6.45) is -31.4. The van der Waals surface area contributed by atoms with E-state index >= 15 is 0 Å². The Kier molecular flexibility index (Phi) is 14.8. The highest BCUT2D eigenvalue weighted by atomic mass is 16.8. The zero-order valence-electron chi connectivity index (χ0n) is 27.4. The van der Waals surface area contributed by atoms with Gasteiger partial charge >= 0.3 is 0 Å². The summed E-state index contributed by atoms with van der Waals surface area (Å²) in [4.78, 5) is 23.9. The van der Waals surface area contributed by atoms with E-state index in [1.165, 1.54) is 0 Å². The maximum Gasteiger partial charge on any atom is 0.217 e. The summed E-state index contributed by atoms with van der Waals surface area (Å²) in [5, 5.41) is 130. The van der Waals surface area contributed by atoms with Crippen molar-refractivity contribution in [3.63, 3.8) is 0 Å². The Balaban J connectivity index is 1.56. The summed E-state index contributed by atoms with van der Waals surface area (Å²) >= 11 is 0. The van der Waals surface area contributed by atoms with Crippen molar-refractivity contribution >= 4 is 11.8 Å². The van der Waals surface area contributed by atoms with Gasteiger partial charge in [0.25, 0.3) is 0 Å². The Morgan fingerprint density at radius 2 is 0.882 bits per heavy atom. The first kappa shape index (κ1) is 41.9. The summed E-state index contributed by atoms with van der Waals surface area (Å²) in [5.41, 5.74) is 0. The number of hydrogen-bond acceptors (Lipinski definition) is 21. The molecule has 4 aliphatic heterocycles. The number of aliphatic hydroxyl groups excluding tert-OH is 12. The van der Waals surface area contributed by atoms with Crippen molar-refractivity contribution in [2.45, 2.75) is 137 Å². The summed E-state index contributed by atoms with van der Waals surface area (Å²) < 4.78 is 39.1. The van der Waals surface area contributed by atoms with Crippen molar-refractivity contribution in [1.82, 2.24) is 10.6 Å². The van der Waals surface area contributed by atoms with Crippen LogP contribution in [0.2, 0.25) is 0 Å². The molecule has 4 heterocycles. The lowest BCUT2D eigenvalue weighted by Gasteiger charge is -2.50. The number of hydrogen-bond donors (Lipinski definition) is 14. The highest BCUT2D eigenvalue weighted by Crippen LogP contribution is 2.34. The monoisotopic (exact) mass is 748 g/mol. The molecule has 0 spiro atoms. The topological polar surface area (TPSA) is 366 Å². The van der Waals surface area contributed by atoms with Gasteiger partial charge in [-0.3, -0.25) is 9.59 Å². The van der Waals surface area contributed by atoms with Gasteiger partial charge in [-0.1, -0.05) is 0 Å². The first-order chi connectivity index (χ1) is 24.1. The van der Waals surface area contributed by atoms with Crippen LogP contribution in [-0.4, -0.2) is 222 Å². The number of carbonyl (C=O) groups is 2.